The van der Waals surface area contributed by atoms with Crippen LogP contribution in [0, 0.1) is 6.92 Å². The number of alkyl halides is 1. The summed E-state index contributed by atoms with van der Waals surface area (Å²) >= 11 is 9.48. The van der Waals surface area contributed by atoms with E-state index >= 15 is 0 Å². The molecule has 0 aromatic heterocycles. The fourth-order valence-corrected chi connectivity index (χ4v) is 3.16. The Morgan fingerprint density at radius 2 is 2.31 bits per heavy atom. The third-order valence-electron chi connectivity index (χ3n) is 3.36. The first kappa shape index (κ1) is 12.4. The Hall–Kier alpha value is -0.0500. The summed E-state index contributed by atoms with van der Waals surface area (Å²) in [6.45, 7) is 4.40. The van der Waals surface area contributed by atoms with Gasteiger partial charge in [-0.2, -0.15) is 0 Å². The molecule has 0 amide bonds. The quantitative estimate of drug-likeness (QED) is 0.764. The van der Waals surface area contributed by atoms with E-state index in [1.165, 1.54) is 30.5 Å². The maximum absolute atomic E-state index is 5.98. The monoisotopic (exact) mass is 301 g/mol. The largest absolute Gasteiger partial charge is 0.295 e. The van der Waals surface area contributed by atoms with Crippen LogP contribution in [-0.4, -0.2) is 23.4 Å². The van der Waals surface area contributed by atoms with Crippen LogP contribution in [-0.2, 0) is 6.54 Å². The van der Waals surface area contributed by atoms with Gasteiger partial charge in [-0.05, 0) is 49.6 Å². The molecule has 1 nitrogen and oxygen atoms in total. The highest BCUT2D eigenvalue weighted by Gasteiger charge is 2.23. The second-order valence-corrected chi connectivity index (χ2v) is 5.72. The van der Waals surface area contributed by atoms with Crippen LogP contribution in [0.3, 0.4) is 0 Å². The van der Waals surface area contributed by atoms with E-state index in [-0.39, 0.29) is 0 Å². The van der Waals surface area contributed by atoms with Crippen LogP contribution in [0.25, 0.3) is 0 Å². The third kappa shape index (κ3) is 2.79. The van der Waals surface area contributed by atoms with E-state index in [1.54, 1.807) is 0 Å². The molecule has 1 aliphatic heterocycles. The molecule has 0 aliphatic carbocycles. The summed E-state index contributed by atoms with van der Waals surface area (Å²) in [7, 11) is 0. The molecule has 1 aromatic carbocycles. The van der Waals surface area contributed by atoms with Crippen LogP contribution in [0.5, 0.6) is 0 Å². The first-order chi connectivity index (χ1) is 7.70. The Balaban J connectivity index is 2.08. The maximum atomic E-state index is 5.98. The van der Waals surface area contributed by atoms with E-state index < -0.39 is 0 Å². The second-order valence-electron chi connectivity index (χ2n) is 4.49. The van der Waals surface area contributed by atoms with Crippen LogP contribution in [0.2, 0.25) is 0 Å². The zero-order chi connectivity index (χ0) is 11.5. The van der Waals surface area contributed by atoms with Crippen molar-refractivity contribution in [3.63, 3.8) is 0 Å². The van der Waals surface area contributed by atoms with Crippen molar-refractivity contribution in [2.45, 2.75) is 32.4 Å². The van der Waals surface area contributed by atoms with Gasteiger partial charge in [-0.25, -0.2) is 0 Å². The molecule has 0 unspecified atom stereocenters. The van der Waals surface area contributed by atoms with Gasteiger partial charge in [-0.15, -0.1) is 11.6 Å². The Morgan fingerprint density at radius 3 is 3.00 bits per heavy atom. The Bertz CT molecular complexity index is 367. The van der Waals surface area contributed by atoms with E-state index in [0.717, 1.165) is 16.9 Å². The standard InChI is InChI=1S/C13H17BrClN/c1-10-7-12(14)5-4-11(10)9-16-6-2-3-13(16)8-15/h4-5,7,13H,2-3,6,8-9H2,1H3/t13-/m1/s1. The SMILES string of the molecule is Cc1cc(Br)ccc1CN1CCC[C@@H]1CCl. The predicted octanol–water partition coefficient (Wildman–Crippen LogP) is 3.96. The van der Waals surface area contributed by atoms with Crippen LogP contribution in [0.4, 0.5) is 0 Å². The van der Waals surface area contributed by atoms with E-state index in [2.05, 4.69) is 46.0 Å². The molecule has 1 aromatic rings. The fourth-order valence-electron chi connectivity index (χ4n) is 2.33. The van der Waals surface area contributed by atoms with E-state index in [4.69, 9.17) is 11.6 Å². The van der Waals surface area contributed by atoms with Gasteiger partial charge in [0.15, 0.2) is 0 Å². The van der Waals surface area contributed by atoms with Crippen molar-refractivity contribution >= 4 is 27.5 Å². The topological polar surface area (TPSA) is 3.24 Å². The molecule has 1 fully saturated rings. The smallest absolute Gasteiger partial charge is 0.0379 e. The Morgan fingerprint density at radius 1 is 1.50 bits per heavy atom. The minimum atomic E-state index is 0.574. The molecule has 1 saturated heterocycles. The Kier molecular flexibility index (Phi) is 4.28. The number of likely N-dealkylation sites (tertiary alicyclic amines) is 1. The second kappa shape index (κ2) is 5.52. The van der Waals surface area contributed by atoms with Crippen LogP contribution in [0.1, 0.15) is 24.0 Å². The minimum absolute atomic E-state index is 0.574. The molecular weight excluding hydrogens is 286 g/mol. The van der Waals surface area contributed by atoms with Crippen molar-refractivity contribution in [1.82, 2.24) is 4.90 Å². The molecule has 88 valence electrons. The highest BCUT2D eigenvalue weighted by molar-refractivity contribution is 9.10. The van der Waals surface area contributed by atoms with Gasteiger partial charge in [0, 0.05) is 22.9 Å². The van der Waals surface area contributed by atoms with Gasteiger partial charge in [0.25, 0.3) is 0 Å². The summed E-state index contributed by atoms with van der Waals surface area (Å²) in [5.41, 5.74) is 2.77. The number of halogens is 2. The van der Waals surface area contributed by atoms with Crippen LogP contribution >= 0.6 is 27.5 Å². The minimum Gasteiger partial charge on any atom is -0.295 e. The summed E-state index contributed by atoms with van der Waals surface area (Å²) in [6.07, 6.45) is 2.53. The number of hydrogen-bond donors (Lipinski definition) is 0. The normalized spacial score (nSPS) is 21.6. The average Bonchev–Trinajstić information content (AvgIpc) is 2.69. The molecule has 16 heavy (non-hydrogen) atoms. The van der Waals surface area contributed by atoms with Gasteiger partial charge < -0.3 is 0 Å². The number of hydrogen-bond acceptors (Lipinski definition) is 1. The summed E-state index contributed by atoms with van der Waals surface area (Å²) in [5, 5.41) is 0. The lowest BCUT2D eigenvalue weighted by Gasteiger charge is -2.23. The molecule has 0 N–H and O–H groups in total. The van der Waals surface area contributed by atoms with Gasteiger partial charge in [-0.1, -0.05) is 22.0 Å². The summed E-state index contributed by atoms with van der Waals surface area (Å²) in [5.74, 6) is 0.759. The molecule has 0 saturated carbocycles. The number of rotatable bonds is 3. The van der Waals surface area contributed by atoms with Crippen molar-refractivity contribution in [1.29, 1.82) is 0 Å². The molecule has 1 heterocycles. The van der Waals surface area contributed by atoms with Gasteiger partial charge in [0.05, 0.1) is 0 Å². The summed E-state index contributed by atoms with van der Waals surface area (Å²) in [6, 6.07) is 7.09. The number of aryl methyl sites for hydroxylation is 1. The first-order valence-electron chi connectivity index (χ1n) is 5.75. The first-order valence-corrected chi connectivity index (χ1v) is 7.08. The molecule has 0 bridgehead atoms. The van der Waals surface area contributed by atoms with Crippen LogP contribution < -0.4 is 0 Å². The molecular formula is C13H17BrClN. The summed E-state index contributed by atoms with van der Waals surface area (Å²) < 4.78 is 1.16. The van der Waals surface area contributed by atoms with Crippen molar-refractivity contribution in [2.24, 2.45) is 0 Å². The van der Waals surface area contributed by atoms with Crippen LogP contribution in [0.15, 0.2) is 22.7 Å². The maximum Gasteiger partial charge on any atom is 0.0379 e. The lowest BCUT2D eigenvalue weighted by Crippen LogP contribution is -2.30. The lowest BCUT2D eigenvalue weighted by molar-refractivity contribution is 0.262. The van der Waals surface area contributed by atoms with Gasteiger partial charge in [-0.3, -0.25) is 4.90 Å². The molecule has 1 aliphatic rings. The van der Waals surface area contributed by atoms with Gasteiger partial charge in [0.2, 0.25) is 0 Å². The highest BCUT2D eigenvalue weighted by atomic mass is 79.9. The molecule has 2 rings (SSSR count). The van der Waals surface area contributed by atoms with Crippen molar-refractivity contribution in [2.75, 3.05) is 12.4 Å². The van der Waals surface area contributed by atoms with Gasteiger partial charge in [0.1, 0.15) is 0 Å². The van der Waals surface area contributed by atoms with E-state index in [0.29, 0.717) is 6.04 Å². The van der Waals surface area contributed by atoms with Crippen molar-refractivity contribution in [3.05, 3.63) is 33.8 Å². The molecule has 3 heteroatoms. The predicted molar refractivity (Wildman–Crippen MR) is 73.0 cm³/mol. The zero-order valence-corrected chi connectivity index (χ0v) is 11.9. The molecule has 0 spiro atoms. The average molecular weight is 303 g/mol. The third-order valence-corrected chi connectivity index (χ3v) is 4.20. The van der Waals surface area contributed by atoms with E-state index in [1.807, 2.05) is 0 Å². The highest BCUT2D eigenvalue weighted by Crippen LogP contribution is 2.23. The number of benzene rings is 1. The molecule has 1 atom stereocenters. The fraction of sp³-hybridized carbons (Fsp3) is 0.538. The van der Waals surface area contributed by atoms with Crippen molar-refractivity contribution < 1.29 is 0 Å². The molecule has 0 radical (unpaired) electrons. The van der Waals surface area contributed by atoms with Gasteiger partial charge >= 0.3 is 0 Å². The summed E-state index contributed by atoms with van der Waals surface area (Å²) in [4.78, 5) is 2.50. The zero-order valence-electron chi connectivity index (χ0n) is 9.55. The van der Waals surface area contributed by atoms with E-state index in [9.17, 15) is 0 Å². The number of nitrogens with zero attached hydrogens (tertiary/aromatic N) is 1. The lowest BCUT2D eigenvalue weighted by atomic mass is 10.1. The Labute approximate surface area is 111 Å². The van der Waals surface area contributed by atoms with Crippen molar-refractivity contribution in [3.8, 4) is 0 Å².